The molecule has 0 fully saturated rings. The molecule has 2 rings (SSSR count). The number of nitrogens with one attached hydrogen (secondary N) is 1. The van der Waals surface area contributed by atoms with E-state index in [2.05, 4.69) is 4.72 Å². The molecule has 0 aromatic heterocycles. The molecule has 0 bridgehead atoms. The Hall–Kier alpha value is -2.41. The molecule has 5 nitrogen and oxygen atoms in total. The summed E-state index contributed by atoms with van der Waals surface area (Å²) in [6, 6.07) is 9.71. The first-order valence-corrected chi connectivity index (χ1v) is 9.09. The Balaban J connectivity index is 2.23. The van der Waals surface area contributed by atoms with Gasteiger partial charge in [0.2, 0.25) is 0 Å². The maximum Gasteiger partial charge on any atom is 0.341 e. The minimum atomic E-state index is -3.84. The zero-order valence-electron chi connectivity index (χ0n) is 14.5. The van der Waals surface area contributed by atoms with E-state index in [1.54, 1.807) is 32.9 Å². The molecule has 0 amide bonds. The fraction of sp³-hybridized carbons (Fsp3) is 0.278. The molecular weight excluding hydrogens is 345 g/mol. The van der Waals surface area contributed by atoms with Gasteiger partial charge in [-0.25, -0.2) is 17.6 Å². The van der Waals surface area contributed by atoms with Gasteiger partial charge in [0.1, 0.15) is 11.4 Å². The van der Waals surface area contributed by atoms with Crippen molar-refractivity contribution in [3.8, 4) is 0 Å². The highest BCUT2D eigenvalue weighted by Gasteiger charge is 2.21. The van der Waals surface area contributed by atoms with Gasteiger partial charge in [0.05, 0.1) is 16.1 Å². The van der Waals surface area contributed by atoms with Gasteiger partial charge in [-0.15, -0.1) is 0 Å². The van der Waals surface area contributed by atoms with Crippen molar-refractivity contribution in [1.29, 1.82) is 0 Å². The third kappa shape index (κ3) is 5.03. The number of carbonyl (C=O) groups excluding carboxylic acids is 1. The predicted molar refractivity (Wildman–Crippen MR) is 93.6 cm³/mol. The highest BCUT2D eigenvalue weighted by Crippen LogP contribution is 2.21. The van der Waals surface area contributed by atoms with E-state index < -0.39 is 27.4 Å². The van der Waals surface area contributed by atoms with Gasteiger partial charge in [-0.05, 0) is 58.0 Å². The third-order valence-electron chi connectivity index (χ3n) is 3.17. The van der Waals surface area contributed by atoms with Crippen LogP contribution in [0.25, 0.3) is 0 Å². The van der Waals surface area contributed by atoms with E-state index in [-0.39, 0.29) is 16.1 Å². The first kappa shape index (κ1) is 18.9. The number of sulfonamides is 1. The number of carbonyl (C=O) groups is 1. The number of halogens is 1. The van der Waals surface area contributed by atoms with Crippen molar-refractivity contribution in [3.63, 3.8) is 0 Å². The Bertz CT molecular complexity index is 884. The molecule has 0 atom stereocenters. The fourth-order valence-corrected chi connectivity index (χ4v) is 3.06. The van der Waals surface area contributed by atoms with Crippen LogP contribution in [-0.2, 0) is 14.8 Å². The minimum absolute atomic E-state index is 0.0189. The van der Waals surface area contributed by atoms with E-state index in [1.165, 1.54) is 24.3 Å². The Kier molecular flexibility index (Phi) is 5.17. The number of aryl methyl sites for hydroxylation is 1. The lowest BCUT2D eigenvalue weighted by Gasteiger charge is -2.19. The SMILES string of the molecule is Cc1ccc(S(=O)(=O)Nc2ccc(C(=O)OC(C)(C)C)c(F)c2)cc1. The largest absolute Gasteiger partial charge is 0.456 e. The maximum atomic E-state index is 14.2. The molecule has 0 heterocycles. The summed E-state index contributed by atoms with van der Waals surface area (Å²) in [5.74, 6) is -1.67. The molecule has 0 radical (unpaired) electrons. The lowest BCUT2D eigenvalue weighted by Crippen LogP contribution is -2.24. The molecule has 2 aromatic rings. The Morgan fingerprint density at radius 2 is 1.68 bits per heavy atom. The van der Waals surface area contributed by atoms with Crippen LogP contribution in [0.3, 0.4) is 0 Å². The average molecular weight is 365 g/mol. The second-order valence-corrected chi connectivity index (χ2v) is 8.30. The van der Waals surface area contributed by atoms with E-state index in [0.717, 1.165) is 11.6 Å². The van der Waals surface area contributed by atoms with Crippen molar-refractivity contribution in [1.82, 2.24) is 0 Å². The van der Waals surface area contributed by atoms with Crippen LogP contribution in [0, 0.1) is 12.7 Å². The Morgan fingerprint density at radius 1 is 1.08 bits per heavy atom. The van der Waals surface area contributed by atoms with Gasteiger partial charge in [0.25, 0.3) is 10.0 Å². The zero-order chi connectivity index (χ0) is 18.8. The van der Waals surface area contributed by atoms with Crippen LogP contribution >= 0.6 is 0 Å². The van der Waals surface area contributed by atoms with Crippen molar-refractivity contribution in [3.05, 3.63) is 59.4 Å². The Morgan fingerprint density at radius 3 is 2.20 bits per heavy atom. The monoisotopic (exact) mass is 365 g/mol. The van der Waals surface area contributed by atoms with Crippen molar-refractivity contribution < 1.29 is 22.3 Å². The number of ether oxygens (including phenoxy) is 1. The van der Waals surface area contributed by atoms with Crippen molar-refractivity contribution in [2.45, 2.75) is 38.2 Å². The maximum absolute atomic E-state index is 14.2. The molecule has 0 aliphatic rings. The van der Waals surface area contributed by atoms with Gasteiger partial charge in [-0.3, -0.25) is 4.72 Å². The third-order valence-corrected chi connectivity index (χ3v) is 4.57. The summed E-state index contributed by atoms with van der Waals surface area (Å²) in [6.45, 7) is 6.86. The number of esters is 1. The molecule has 0 aliphatic heterocycles. The quantitative estimate of drug-likeness (QED) is 0.835. The molecule has 0 saturated heterocycles. The van der Waals surface area contributed by atoms with Crippen LogP contribution in [0.2, 0.25) is 0 Å². The van der Waals surface area contributed by atoms with Crippen LogP contribution in [0.15, 0.2) is 47.4 Å². The molecule has 0 saturated carbocycles. The van der Waals surface area contributed by atoms with E-state index in [4.69, 9.17) is 4.74 Å². The van der Waals surface area contributed by atoms with Crippen LogP contribution in [0.1, 0.15) is 36.7 Å². The molecule has 1 N–H and O–H groups in total. The normalized spacial score (nSPS) is 11.9. The van der Waals surface area contributed by atoms with E-state index in [1.807, 2.05) is 6.92 Å². The number of anilines is 1. The molecule has 2 aromatic carbocycles. The number of benzene rings is 2. The molecule has 134 valence electrons. The Labute approximate surface area is 146 Å². The summed E-state index contributed by atoms with van der Waals surface area (Å²) in [6.07, 6.45) is 0. The molecule has 0 unspecified atom stereocenters. The van der Waals surface area contributed by atoms with Crippen molar-refractivity contribution in [2.75, 3.05) is 4.72 Å². The molecule has 0 spiro atoms. The van der Waals surface area contributed by atoms with Crippen LogP contribution < -0.4 is 4.72 Å². The van der Waals surface area contributed by atoms with Crippen molar-refractivity contribution >= 4 is 21.7 Å². The topological polar surface area (TPSA) is 72.5 Å². The summed E-state index contributed by atoms with van der Waals surface area (Å²) in [7, 11) is -3.84. The van der Waals surface area contributed by atoms with Gasteiger partial charge in [-0.2, -0.15) is 0 Å². The average Bonchev–Trinajstić information content (AvgIpc) is 2.45. The first-order chi connectivity index (χ1) is 11.5. The molecule has 7 heteroatoms. The van der Waals surface area contributed by atoms with E-state index in [9.17, 15) is 17.6 Å². The summed E-state index contributed by atoms with van der Waals surface area (Å²) in [5.41, 5.74) is -0.0693. The summed E-state index contributed by atoms with van der Waals surface area (Å²) in [5, 5.41) is 0. The van der Waals surface area contributed by atoms with E-state index in [0.29, 0.717) is 0 Å². The van der Waals surface area contributed by atoms with Gasteiger partial charge in [0, 0.05) is 0 Å². The first-order valence-electron chi connectivity index (χ1n) is 7.60. The summed E-state index contributed by atoms with van der Waals surface area (Å²) in [4.78, 5) is 12.0. The lowest BCUT2D eigenvalue weighted by atomic mass is 10.1. The molecule has 25 heavy (non-hydrogen) atoms. The second-order valence-electron chi connectivity index (χ2n) is 6.62. The van der Waals surface area contributed by atoms with Gasteiger partial charge < -0.3 is 4.74 Å². The summed E-state index contributed by atoms with van der Waals surface area (Å²) >= 11 is 0. The minimum Gasteiger partial charge on any atom is -0.456 e. The number of rotatable bonds is 4. The second kappa shape index (κ2) is 6.84. The van der Waals surface area contributed by atoms with Gasteiger partial charge in [0.15, 0.2) is 0 Å². The highest BCUT2D eigenvalue weighted by atomic mass is 32.2. The predicted octanol–water partition coefficient (Wildman–Crippen LogP) is 3.89. The molecular formula is C18H20FNO4S. The lowest BCUT2D eigenvalue weighted by molar-refractivity contribution is 0.00648. The number of hydrogen-bond donors (Lipinski definition) is 1. The zero-order valence-corrected chi connectivity index (χ0v) is 15.3. The summed E-state index contributed by atoms with van der Waals surface area (Å²) < 4.78 is 46.2. The van der Waals surface area contributed by atoms with E-state index >= 15 is 0 Å². The highest BCUT2D eigenvalue weighted by molar-refractivity contribution is 7.92. The standard InChI is InChI=1S/C18H20FNO4S/c1-12-5-8-14(9-6-12)25(22,23)20-13-7-10-15(16(19)11-13)17(21)24-18(2,3)4/h5-11,20H,1-4H3. The number of hydrogen-bond acceptors (Lipinski definition) is 4. The van der Waals surface area contributed by atoms with Gasteiger partial charge in [-0.1, -0.05) is 17.7 Å². The molecule has 0 aliphatic carbocycles. The van der Waals surface area contributed by atoms with Crippen LogP contribution in [-0.4, -0.2) is 20.0 Å². The fourth-order valence-electron chi connectivity index (χ4n) is 2.01. The van der Waals surface area contributed by atoms with Crippen LogP contribution in [0.5, 0.6) is 0 Å². The van der Waals surface area contributed by atoms with Crippen molar-refractivity contribution in [2.24, 2.45) is 0 Å². The van der Waals surface area contributed by atoms with Gasteiger partial charge >= 0.3 is 5.97 Å². The smallest absolute Gasteiger partial charge is 0.341 e. The van der Waals surface area contributed by atoms with Crippen LogP contribution in [0.4, 0.5) is 10.1 Å².